The molecule has 2 aliphatic heterocycles. The van der Waals surface area contributed by atoms with Gasteiger partial charge in [0.25, 0.3) is 0 Å². The van der Waals surface area contributed by atoms with E-state index in [9.17, 15) is 9.59 Å². The number of benzene rings is 1. The van der Waals surface area contributed by atoms with E-state index in [2.05, 4.69) is 45.0 Å². The second-order valence-electron chi connectivity index (χ2n) is 13.9. The molecule has 3 aromatic rings. The first kappa shape index (κ1) is 32.9. The molecule has 0 radical (unpaired) electrons. The number of nitrogens with zero attached hydrogens (tertiary/aromatic N) is 5. The Balaban J connectivity index is 0.000000200. The van der Waals surface area contributed by atoms with Crippen molar-refractivity contribution in [2.24, 2.45) is 5.41 Å². The summed E-state index contributed by atoms with van der Waals surface area (Å²) in [6, 6.07) is 9.93. The quantitative estimate of drug-likeness (QED) is 0.407. The lowest BCUT2D eigenvalue weighted by atomic mass is 9.81. The molecule has 4 heterocycles. The van der Waals surface area contributed by atoms with E-state index in [1.54, 1.807) is 11.1 Å². The van der Waals surface area contributed by atoms with Gasteiger partial charge in [0, 0.05) is 80.4 Å². The molecule has 2 atom stereocenters. The fourth-order valence-corrected chi connectivity index (χ4v) is 6.83. The summed E-state index contributed by atoms with van der Waals surface area (Å²) < 4.78 is 7.61. The number of carbonyl (C=O) groups is 2. The van der Waals surface area contributed by atoms with Crippen molar-refractivity contribution in [3.8, 4) is 0 Å². The van der Waals surface area contributed by atoms with E-state index in [0.29, 0.717) is 26.2 Å². The number of imidazole rings is 1. The number of hydrogen-bond acceptors (Lipinski definition) is 6. The summed E-state index contributed by atoms with van der Waals surface area (Å²) in [6.45, 7) is 11.6. The van der Waals surface area contributed by atoms with Crippen LogP contribution >= 0.6 is 11.6 Å². The molecular formula is C35H47ClN6O3. The molecule has 1 N–H and O–H groups in total. The van der Waals surface area contributed by atoms with Crippen LogP contribution in [0.15, 0.2) is 55.2 Å². The Morgan fingerprint density at radius 3 is 2.69 bits per heavy atom. The molecule has 242 valence electrons. The number of ether oxygens (including phenoxy) is 1. The molecule has 45 heavy (non-hydrogen) atoms. The smallest absolute Gasteiger partial charge is 0.411 e. The number of aryl methyl sites for hydroxylation is 2. The summed E-state index contributed by atoms with van der Waals surface area (Å²) in [5.41, 5.74) is 4.78. The van der Waals surface area contributed by atoms with Crippen LogP contribution in [0.3, 0.4) is 0 Å². The van der Waals surface area contributed by atoms with Crippen molar-refractivity contribution in [3.63, 3.8) is 0 Å². The number of piperidine rings is 1. The Bertz CT molecular complexity index is 1460. The van der Waals surface area contributed by atoms with Crippen LogP contribution in [0.2, 0.25) is 5.02 Å². The van der Waals surface area contributed by atoms with Crippen LogP contribution in [0.4, 0.5) is 4.79 Å². The molecule has 3 aliphatic rings. The zero-order chi connectivity index (χ0) is 32.0. The highest BCUT2D eigenvalue weighted by molar-refractivity contribution is 6.30. The van der Waals surface area contributed by atoms with E-state index >= 15 is 0 Å². The lowest BCUT2D eigenvalue weighted by Gasteiger charge is -2.44. The fraction of sp³-hybridized carbons (Fsp3) is 0.543. The first-order chi connectivity index (χ1) is 21.5. The molecule has 2 fully saturated rings. The van der Waals surface area contributed by atoms with Crippen molar-refractivity contribution in [1.82, 2.24) is 29.7 Å². The van der Waals surface area contributed by atoms with Gasteiger partial charge in [0.15, 0.2) is 0 Å². The highest BCUT2D eigenvalue weighted by Crippen LogP contribution is 2.32. The Morgan fingerprint density at radius 2 is 1.91 bits per heavy atom. The average molecular weight is 635 g/mol. The molecular weight excluding hydrogens is 588 g/mol. The van der Waals surface area contributed by atoms with Gasteiger partial charge in [-0.25, -0.2) is 9.78 Å². The number of rotatable bonds is 3. The zero-order valence-corrected chi connectivity index (χ0v) is 27.9. The van der Waals surface area contributed by atoms with Gasteiger partial charge >= 0.3 is 6.09 Å². The molecule has 0 bridgehead atoms. The van der Waals surface area contributed by atoms with Crippen LogP contribution in [0.25, 0.3) is 0 Å². The van der Waals surface area contributed by atoms with E-state index in [0.717, 1.165) is 50.2 Å². The largest absolute Gasteiger partial charge is 0.444 e. The fourth-order valence-electron chi connectivity index (χ4n) is 6.64. The Kier molecular flexibility index (Phi) is 10.5. The maximum atomic E-state index is 13.3. The van der Waals surface area contributed by atoms with Crippen LogP contribution in [-0.4, -0.2) is 80.7 Å². The third kappa shape index (κ3) is 8.85. The monoisotopic (exact) mass is 634 g/mol. The van der Waals surface area contributed by atoms with Gasteiger partial charge in [0.1, 0.15) is 11.6 Å². The maximum absolute atomic E-state index is 13.3. The van der Waals surface area contributed by atoms with E-state index in [1.807, 2.05) is 56.5 Å². The number of aromatic nitrogens is 3. The molecule has 9 nitrogen and oxygen atoms in total. The van der Waals surface area contributed by atoms with Gasteiger partial charge < -0.3 is 19.5 Å². The molecule has 2 amide bonds. The summed E-state index contributed by atoms with van der Waals surface area (Å²) in [6.07, 6.45) is 13.4. The van der Waals surface area contributed by atoms with Crippen LogP contribution < -0.4 is 5.32 Å². The summed E-state index contributed by atoms with van der Waals surface area (Å²) >= 11 is 6.06. The number of nitrogens with one attached hydrogen (secondary N) is 1. The molecule has 0 spiro atoms. The van der Waals surface area contributed by atoms with Crippen molar-refractivity contribution >= 4 is 23.6 Å². The molecule has 1 unspecified atom stereocenters. The Labute approximate surface area is 272 Å². The number of fused-ring (bicyclic) bond motifs is 2. The van der Waals surface area contributed by atoms with Gasteiger partial charge in [0.05, 0.1) is 6.33 Å². The molecule has 2 aromatic heterocycles. The van der Waals surface area contributed by atoms with Gasteiger partial charge in [-0.1, -0.05) is 30.7 Å². The third-order valence-corrected chi connectivity index (χ3v) is 9.01. The molecule has 1 aliphatic carbocycles. The van der Waals surface area contributed by atoms with Crippen molar-refractivity contribution in [1.29, 1.82) is 0 Å². The van der Waals surface area contributed by atoms with E-state index in [1.165, 1.54) is 28.8 Å². The number of pyridine rings is 1. The summed E-state index contributed by atoms with van der Waals surface area (Å²) in [5.74, 6) is 0.00890. The van der Waals surface area contributed by atoms with Gasteiger partial charge in [-0.2, -0.15) is 0 Å². The molecule has 6 rings (SSSR count). The predicted octanol–water partition coefficient (Wildman–Crippen LogP) is 5.54. The first-order valence-corrected chi connectivity index (χ1v) is 16.5. The summed E-state index contributed by atoms with van der Waals surface area (Å²) in [4.78, 5) is 38.1. The van der Waals surface area contributed by atoms with E-state index in [-0.39, 0.29) is 11.3 Å². The second-order valence-corrected chi connectivity index (χ2v) is 14.3. The van der Waals surface area contributed by atoms with Crippen LogP contribution in [0, 0.1) is 5.41 Å². The number of likely N-dealkylation sites (tertiary alicyclic amines) is 1. The Hall–Kier alpha value is -3.43. The minimum Gasteiger partial charge on any atom is -0.444 e. The molecule has 2 saturated heterocycles. The summed E-state index contributed by atoms with van der Waals surface area (Å²) in [5, 5.41) is 4.09. The van der Waals surface area contributed by atoms with E-state index < -0.39 is 17.7 Å². The van der Waals surface area contributed by atoms with Crippen LogP contribution in [0.1, 0.15) is 69.3 Å². The maximum Gasteiger partial charge on any atom is 0.411 e. The number of amides is 2. The van der Waals surface area contributed by atoms with E-state index in [4.69, 9.17) is 16.3 Å². The van der Waals surface area contributed by atoms with Gasteiger partial charge in [-0.3, -0.25) is 14.7 Å². The van der Waals surface area contributed by atoms with Crippen LogP contribution in [0.5, 0.6) is 0 Å². The first-order valence-electron chi connectivity index (χ1n) is 16.1. The third-order valence-electron chi connectivity index (χ3n) is 8.78. The second kappa shape index (κ2) is 14.3. The van der Waals surface area contributed by atoms with Crippen molar-refractivity contribution in [3.05, 3.63) is 82.7 Å². The SMILES string of the molecule is CC1(Cn2ccnc2)CCCN(C(=O)[C@H]2CNCCN2C(=O)OC(C)(C)C)C1.Clc1ccc2c(c1)CCCc1cccnc1C2. The lowest BCUT2D eigenvalue weighted by Crippen LogP contribution is -2.62. The zero-order valence-electron chi connectivity index (χ0n) is 27.1. The number of hydrogen-bond donors (Lipinski definition) is 1. The lowest BCUT2D eigenvalue weighted by molar-refractivity contribution is -0.141. The highest BCUT2D eigenvalue weighted by atomic mass is 35.5. The van der Waals surface area contributed by atoms with Crippen LogP contribution in [-0.2, 0) is 35.3 Å². The van der Waals surface area contributed by atoms with Gasteiger partial charge in [-0.05, 0) is 87.8 Å². The summed E-state index contributed by atoms with van der Waals surface area (Å²) in [7, 11) is 0. The number of halogens is 1. The number of piperazine rings is 1. The van der Waals surface area contributed by atoms with Gasteiger partial charge in [0.2, 0.25) is 5.91 Å². The standard InChI is InChI=1S/C20H33N5O3.C15H14ClN/c1-19(2,3)28-18(27)25-11-8-21-12-16(25)17(26)24-9-5-6-20(4,14-24)13-23-10-7-22-15-23;16-14-7-6-13-10-15-11(5-2-8-17-15)3-1-4-12(13)9-14/h7,10,15-16,21H,5-6,8-9,11-14H2,1-4H3;2,5-9H,1,3-4,10H2/t16-,20?;/m1./s1. The predicted molar refractivity (Wildman–Crippen MR) is 176 cm³/mol. The topological polar surface area (TPSA) is 92.6 Å². The van der Waals surface area contributed by atoms with Crippen molar-refractivity contribution in [2.45, 2.75) is 84.4 Å². The molecule has 1 aromatic carbocycles. The van der Waals surface area contributed by atoms with Crippen molar-refractivity contribution < 1.29 is 14.3 Å². The highest BCUT2D eigenvalue weighted by Gasteiger charge is 2.40. The number of carbonyl (C=O) groups excluding carboxylic acids is 2. The van der Waals surface area contributed by atoms with Gasteiger partial charge in [-0.15, -0.1) is 0 Å². The van der Waals surface area contributed by atoms with Crippen molar-refractivity contribution in [2.75, 3.05) is 32.7 Å². The minimum atomic E-state index is -0.579. The normalized spacial score (nSPS) is 21.8. The Morgan fingerprint density at radius 1 is 1.09 bits per heavy atom. The minimum absolute atomic E-state index is 0.00649. The average Bonchev–Trinajstić information content (AvgIpc) is 3.49. The molecule has 10 heteroatoms. The molecule has 0 saturated carbocycles.